The van der Waals surface area contributed by atoms with E-state index < -0.39 is 15.8 Å². The van der Waals surface area contributed by atoms with E-state index in [0.29, 0.717) is 41.7 Å². The van der Waals surface area contributed by atoms with Gasteiger partial charge < -0.3 is 15.2 Å². The second kappa shape index (κ2) is 8.37. The molecule has 4 rings (SSSR count). The van der Waals surface area contributed by atoms with Gasteiger partial charge in [-0.3, -0.25) is 4.90 Å². The molecule has 1 fully saturated rings. The Morgan fingerprint density at radius 1 is 1.26 bits per heavy atom. The highest BCUT2D eigenvalue weighted by molar-refractivity contribution is 7.92. The molecule has 1 aliphatic rings. The van der Waals surface area contributed by atoms with Crippen LogP contribution in [-0.4, -0.2) is 74.0 Å². The number of aliphatic hydroxyl groups excluding tert-OH is 1. The van der Waals surface area contributed by atoms with Crippen molar-refractivity contribution in [1.29, 1.82) is 0 Å². The summed E-state index contributed by atoms with van der Waals surface area (Å²) in [6.45, 7) is 3.12. The molecule has 0 saturated carbocycles. The van der Waals surface area contributed by atoms with Crippen LogP contribution < -0.4 is 10.1 Å². The van der Waals surface area contributed by atoms with Crippen LogP contribution in [0.1, 0.15) is 5.56 Å². The van der Waals surface area contributed by atoms with Crippen LogP contribution in [0.25, 0.3) is 10.9 Å². The lowest BCUT2D eigenvalue weighted by Crippen LogP contribution is -2.30. The number of fused-ring (bicyclic) bond motifs is 1. The minimum Gasteiger partial charge on any atom is -0.469 e. The van der Waals surface area contributed by atoms with Crippen LogP contribution in [0.2, 0.25) is 0 Å². The van der Waals surface area contributed by atoms with E-state index in [2.05, 4.69) is 24.6 Å². The predicted octanol–water partition coefficient (Wildman–Crippen LogP) is 2.49. The number of likely N-dealkylation sites (N-methyl/N-ethyl adjacent to an activating group) is 1. The quantitative estimate of drug-likeness (QED) is 0.620. The van der Waals surface area contributed by atoms with Gasteiger partial charge in [-0.05, 0) is 43.8 Å². The van der Waals surface area contributed by atoms with Crippen LogP contribution in [-0.2, 0) is 9.73 Å². The van der Waals surface area contributed by atoms with E-state index in [9.17, 15) is 9.32 Å². The first kappa shape index (κ1) is 21.4. The van der Waals surface area contributed by atoms with Gasteiger partial charge in [0.1, 0.15) is 30.0 Å². The molecule has 10 heteroatoms. The number of anilines is 2. The number of rotatable bonds is 5. The molecule has 0 radical (unpaired) electrons. The summed E-state index contributed by atoms with van der Waals surface area (Å²) < 4.78 is 22.4. The topological polar surface area (TPSA) is 113 Å². The van der Waals surface area contributed by atoms with Gasteiger partial charge in [-0.15, -0.1) is 0 Å². The summed E-state index contributed by atoms with van der Waals surface area (Å²) in [6, 6.07) is 7.32. The summed E-state index contributed by atoms with van der Waals surface area (Å²) >= 11 is 0. The van der Waals surface area contributed by atoms with Crippen LogP contribution >= 0.6 is 0 Å². The van der Waals surface area contributed by atoms with E-state index in [4.69, 9.17) is 4.74 Å². The number of benzene rings is 1. The number of aliphatic hydroxyl groups is 1. The molecule has 2 N–H and O–H groups in total. The van der Waals surface area contributed by atoms with Crippen LogP contribution in [0, 0.1) is 6.92 Å². The first-order chi connectivity index (χ1) is 14.7. The van der Waals surface area contributed by atoms with Gasteiger partial charge in [0.05, 0.1) is 11.2 Å². The predicted molar refractivity (Wildman–Crippen MR) is 122 cm³/mol. The monoisotopic (exact) mass is 442 g/mol. The van der Waals surface area contributed by atoms with Crippen molar-refractivity contribution in [3.05, 3.63) is 42.4 Å². The lowest BCUT2D eigenvalue weighted by molar-refractivity contribution is 0.0711. The van der Waals surface area contributed by atoms with E-state index >= 15 is 0 Å². The Morgan fingerprint density at radius 3 is 2.77 bits per heavy atom. The molecule has 1 aromatic carbocycles. The van der Waals surface area contributed by atoms with Gasteiger partial charge in [-0.2, -0.15) is 4.36 Å². The number of ether oxygens (including phenoxy) is 1. The van der Waals surface area contributed by atoms with Crippen molar-refractivity contribution in [3.8, 4) is 5.88 Å². The first-order valence-corrected chi connectivity index (χ1v) is 12.2. The standard InChI is InChI=1S/C21H26N6O3S/c1-13-8-14(26-31(3,4)29)9-16-19(13)20(24-12-23-16)25-15-6-5-7-22-21(15)30-18-11-27(2)10-17(18)28/h5-9,12,17-18,28H,10-11H2,1-4H3,(H,23,24,25)/t17-,18-/m1/s1. The molecule has 9 nitrogen and oxygen atoms in total. The Hall–Kier alpha value is -2.82. The van der Waals surface area contributed by atoms with E-state index in [1.165, 1.54) is 6.33 Å². The number of β-amino-alcohol motifs (C(OH)–C–C–N with tert-alkyl or cyclic N) is 1. The minimum absolute atomic E-state index is 0.355. The average Bonchev–Trinajstić information content (AvgIpc) is 2.98. The summed E-state index contributed by atoms with van der Waals surface area (Å²) in [7, 11) is -0.339. The van der Waals surface area contributed by atoms with E-state index in [1.807, 2.05) is 31.0 Å². The average molecular weight is 443 g/mol. The molecule has 0 spiro atoms. The third-order valence-electron chi connectivity index (χ3n) is 4.95. The summed E-state index contributed by atoms with van der Waals surface area (Å²) in [6.07, 6.45) is 5.39. The molecule has 0 amide bonds. The number of nitrogens with one attached hydrogen (secondary N) is 1. The van der Waals surface area contributed by atoms with E-state index in [1.54, 1.807) is 30.8 Å². The molecule has 1 saturated heterocycles. The number of hydrogen-bond donors (Lipinski definition) is 2. The zero-order chi connectivity index (χ0) is 22.2. The number of aromatic nitrogens is 3. The Kier molecular flexibility index (Phi) is 5.78. The highest BCUT2D eigenvalue weighted by atomic mass is 32.2. The van der Waals surface area contributed by atoms with Gasteiger partial charge in [-0.1, -0.05) is 0 Å². The number of nitrogens with zero attached hydrogens (tertiary/aromatic N) is 5. The van der Waals surface area contributed by atoms with Crippen molar-refractivity contribution in [2.45, 2.75) is 19.1 Å². The molecule has 3 aromatic rings. The number of likely N-dealkylation sites (tertiary alicyclic amines) is 1. The maximum Gasteiger partial charge on any atom is 0.238 e. The minimum atomic E-state index is -2.28. The van der Waals surface area contributed by atoms with Gasteiger partial charge in [0.15, 0.2) is 0 Å². The van der Waals surface area contributed by atoms with Crippen molar-refractivity contribution in [2.24, 2.45) is 4.36 Å². The molecule has 1 aliphatic heterocycles. The van der Waals surface area contributed by atoms with E-state index in [-0.39, 0.29) is 6.10 Å². The summed E-state index contributed by atoms with van der Waals surface area (Å²) in [5.41, 5.74) is 2.86. The van der Waals surface area contributed by atoms with Gasteiger partial charge in [-0.25, -0.2) is 19.2 Å². The van der Waals surface area contributed by atoms with Crippen LogP contribution in [0.4, 0.5) is 17.2 Å². The normalized spacial score (nSPS) is 19.5. The largest absolute Gasteiger partial charge is 0.469 e. The lowest BCUT2D eigenvalue weighted by atomic mass is 10.1. The van der Waals surface area contributed by atoms with Crippen molar-refractivity contribution < 1.29 is 14.1 Å². The molecule has 31 heavy (non-hydrogen) atoms. The second-order valence-corrected chi connectivity index (χ2v) is 10.6. The maximum atomic E-state index is 12.1. The number of pyridine rings is 1. The van der Waals surface area contributed by atoms with Crippen molar-refractivity contribution in [1.82, 2.24) is 19.9 Å². The SMILES string of the molecule is Cc1cc(N=S(C)(C)=O)cc2ncnc(Nc3cccnc3O[C@@H]3CN(C)C[C@H]3O)c12. The third-order valence-corrected chi connectivity index (χ3v) is 5.60. The van der Waals surface area contributed by atoms with Crippen LogP contribution in [0.5, 0.6) is 5.88 Å². The molecule has 0 aliphatic carbocycles. The van der Waals surface area contributed by atoms with Crippen molar-refractivity contribution >= 4 is 37.8 Å². The highest BCUT2D eigenvalue weighted by Gasteiger charge is 2.31. The summed E-state index contributed by atoms with van der Waals surface area (Å²) in [5, 5.41) is 14.4. The maximum absolute atomic E-state index is 12.1. The Labute approximate surface area is 181 Å². The number of hydrogen-bond acceptors (Lipinski definition) is 9. The lowest BCUT2D eigenvalue weighted by Gasteiger charge is -2.18. The zero-order valence-electron chi connectivity index (χ0n) is 17.9. The van der Waals surface area contributed by atoms with Crippen LogP contribution in [0.15, 0.2) is 41.2 Å². The van der Waals surface area contributed by atoms with Gasteiger partial charge in [0.2, 0.25) is 5.88 Å². The molecular formula is C21H26N6O3S. The molecule has 0 unspecified atom stereocenters. The Morgan fingerprint density at radius 2 is 2.06 bits per heavy atom. The van der Waals surface area contributed by atoms with Gasteiger partial charge >= 0.3 is 0 Å². The molecule has 2 aromatic heterocycles. The molecule has 2 atom stereocenters. The molecular weight excluding hydrogens is 416 g/mol. The first-order valence-electron chi connectivity index (χ1n) is 9.87. The van der Waals surface area contributed by atoms with Gasteiger partial charge in [0, 0.05) is 46.9 Å². The van der Waals surface area contributed by atoms with Crippen molar-refractivity contribution in [3.63, 3.8) is 0 Å². The summed E-state index contributed by atoms with van der Waals surface area (Å²) in [5.74, 6) is 0.999. The van der Waals surface area contributed by atoms with Crippen molar-refractivity contribution in [2.75, 3.05) is 38.0 Å². The molecule has 164 valence electrons. The smallest absolute Gasteiger partial charge is 0.238 e. The molecule has 3 heterocycles. The second-order valence-electron chi connectivity index (χ2n) is 8.08. The fourth-order valence-electron chi connectivity index (χ4n) is 3.68. The third kappa shape index (κ3) is 4.92. The Balaban J connectivity index is 1.69. The Bertz CT molecular complexity index is 1230. The van der Waals surface area contributed by atoms with E-state index in [0.717, 1.165) is 10.9 Å². The fraction of sp³-hybridized carbons (Fsp3) is 0.381. The van der Waals surface area contributed by atoms with Gasteiger partial charge in [0.25, 0.3) is 0 Å². The van der Waals surface area contributed by atoms with Crippen LogP contribution in [0.3, 0.4) is 0 Å². The zero-order valence-corrected chi connectivity index (χ0v) is 18.8. The fourth-order valence-corrected chi connectivity index (χ4v) is 4.29. The highest BCUT2D eigenvalue weighted by Crippen LogP contribution is 2.33. The summed E-state index contributed by atoms with van der Waals surface area (Å²) in [4.78, 5) is 15.2. The number of aryl methyl sites for hydroxylation is 1. The molecule has 0 bridgehead atoms.